The number of rotatable bonds is 9. The predicted molar refractivity (Wildman–Crippen MR) is 78.2 cm³/mol. The first-order chi connectivity index (χ1) is 9.12. The van der Waals surface area contributed by atoms with Crippen molar-refractivity contribution in [2.24, 2.45) is 0 Å². The van der Waals surface area contributed by atoms with Crippen LogP contribution in [0, 0.1) is 0 Å². The third-order valence-electron chi connectivity index (χ3n) is 3.45. The Labute approximate surface area is 116 Å². The van der Waals surface area contributed by atoms with Gasteiger partial charge in [0.25, 0.3) is 0 Å². The highest BCUT2D eigenvalue weighted by Gasteiger charge is 2.13. The van der Waals surface area contributed by atoms with Crippen LogP contribution in [-0.2, 0) is 0 Å². The number of aliphatic hydroxyl groups is 1. The van der Waals surface area contributed by atoms with Gasteiger partial charge in [0, 0.05) is 30.9 Å². The molecular formula is C14H28N4O. The van der Waals surface area contributed by atoms with Gasteiger partial charge in [-0.1, -0.05) is 13.8 Å². The molecule has 0 aliphatic carbocycles. The number of nitrogens with zero attached hydrogens (tertiary/aromatic N) is 3. The van der Waals surface area contributed by atoms with Crippen molar-refractivity contribution < 1.29 is 5.11 Å². The zero-order chi connectivity index (χ0) is 14.3. The molecule has 2 N–H and O–H groups in total. The molecule has 1 unspecified atom stereocenters. The van der Waals surface area contributed by atoms with Gasteiger partial charge in [-0.05, 0) is 26.9 Å². The van der Waals surface area contributed by atoms with Crippen LogP contribution < -0.4 is 5.32 Å². The van der Waals surface area contributed by atoms with Gasteiger partial charge in [0.1, 0.15) is 0 Å². The average Bonchev–Trinajstić information content (AvgIpc) is 2.89. The van der Waals surface area contributed by atoms with Crippen LogP contribution in [0.5, 0.6) is 0 Å². The minimum absolute atomic E-state index is 0.0249. The molecule has 0 amide bonds. The van der Waals surface area contributed by atoms with Gasteiger partial charge in [0.05, 0.1) is 18.8 Å². The molecule has 0 saturated heterocycles. The van der Waals surface area contributed by atoms with Gasteiger partial charge >= 0.3 is 0 Å². The SMILES string of the molecule is CCN(CC)CCNC(CO)c1cnn(C(C)C)c1. The van der Waals surface area contributed by atoms with Gasteiger partial charge in [-0.2, -0.15) is 5.10 Å². The Kier molecular flexibility index (Phi) is 7.05. The summed E-state index contributed by atoms with van der Waals surface area (Å²) in [7, 11) is 0. The quantitative estimate of drug-likeness (QED) is 0.711. The smallest absolute Gasteiger partial charge is 0.0627 e. The molecule has 0 spiro atoms. The first kappa shape index (κ1) is 16.1. The van der Waals surface area contributed by atoms with E-state index >= 15 is 0 Å². The second-order valence-electron chi connectivity index (χ2n) is 5.06. The summed E-state index contributed by atoms with van der Waals surface area (Å²) in [5.74, 6) is 0. The van der Waals surface area contributed by atoms with Crippen LogP contribution in [-0.4, -0.2) is 52.6 Å². The summed E-state index contributed by atoms with van der Waals surface area (Å²) in [4.78, 5) is 2.36. The molecule has 19 heavy (non-hydrogen) atoms. The third-order valence-corrected chi connectivity index (χ3v) is 3.45. The largest absolute Gasteiger partial charge is 0.394 e. The molecule has 0 aliphatic rings. The molecule has 1 heterocycles. The second-order valence-corrected chi connectivity index (χ2v) is 5.06. The monoisotopic (exact) mass is 268 g/mol. The summed E-state index contributed by atoms with van der Waals surface area (Å²) >= 11 is 0. The molecule has 1 aromatic rings. The van der Waals surface area contributed by atoms with E-state index in [9.17, 15) is 5.11 Å². The molecule has 0 bridgehead atoms. The molecule has 1 atom stereocenters. The van der Waals surface area contributed by atoms with Gasteiger partial charge in [0.2, 0.25) is 0 Å². The summed E-state index contributed by atoms with van der Waals surface area (Å²) < 4.78 is 1.92. The van der Waals surface area contributed by atoms with E-state index < -0.39 is 0 Å². The molecule has 110 valence electrons. The Balaban J connectivity index is 2.48. The second kappa shape index (κ2) is 8.30. The molecule has 5 nitrogen and oxygen atoms in total. The van der Waals surface area contributed by atoms with E-state index in [1.807, 2.05) is 17.1 Å². The summed E-state index contributed by atoms with van der Waals surface area (Å²) in [6.07, 6.45) is 3.85. The van der Waals surface area contributed by atoms with Gasteiger partial charge in [-0.3, -0.25) is 4.68 Å². The number of nitrogens with one attached hydrogen (secondary N) is 1. The van der Waals surface area contributed by atoms with E-state index in [-0.39, 0.29) is 12.6 Å². The van der Waals surface area contributed by atoms with Crippen molar-refractivity contribution in [3.05, 3.63) is 18.0 Å². The number of likely N-dealkylation sites (N-methyl/N-ethyl adjacent to an activating group) is 1. The molecule has 1 aromatic heterocycles. The van der Waals surface area contributed by atoms with Crippen molar-refractivity contribution in [2.45, 2.75) is 39.8 Å². The molecule has 0 aromatic carbocycles. The van der Waals surface area contributed by atoms with Crippen LogP contribution in [0.2, 0.25) is 0 Å². The van der Waals surface area contributed by atoms with Crippen molar-refractivity contribution in [3.8, 4) is 0 Å². The molecule has 0 fully saturated rings. The van der Waals surface area contributed by atoms with Crippen molar-refractivity contribution in [3.63, 3.8) is 0 Å². The van der Waals surface area contributed by atoms with Crippen molar-refractivity contribution in [2.75, 3.05) is 32.8 Å². The van der Waals surface area contributed by atoms with Crippen LogP contribution >= 0.6 is 0 Å². The topological polar surface area (TPSA) is 53.3 Å². The van der Waals surface area contributed by atoms with E-state index in [4.69, 9.17) is 0 Å². The number of hydrogen-bond acceptors (Lipinski definition) is 4. The van der Waals surface area contributed by atoms with Crippen LogP contribution in [0.4, 0.5) is 0 Å². The summed E-state index contributed by atoms with van der Waals surface area (Å²) in [6.45, 7) is 12.6. The van der Waals surface area contributed by atoms with Crippen LogP contribution in [0.15, 0.2) is 12.4 Å². The normalized spacial score (nSPS) is 13.4. The fourth-order valence-corrected chi connectivity index (χ4v) is 2.04. The highest BCUT2D eigenvalue weighted by Crippen LogP contribution is 2.13. The number of aromatic nitrogens is 2. The van der Waals surface area contributed by atoms with Gasteiger partial charge < -0.3 is 15.3 Å². The van der Waals surface area contributed by atoms with Crippen molar-refractivity contribution >= 4 is 0 Å². The predicted octanol–water partition coefficient (Wildman–Crippen LogP) is 1.43. The Bertz CT molecular complexity index is 347. The molecule has 5 heteroatoms. The van der Waals surface area contributed by atoms with Crippen LogP contribution in [0.3, 0.4) is 0 Å². The maximum absolute atomic E-state index is 9.49. The Hall–Kier alpha value is -0.910. The molecule has 1 rings (SSSR count). The first-order valence-corrected chi connectivity index (χ1v) is 7.22. The summed E-state index contributed by atoms with van der Waals surface area (Å²) in [5.41, 5.74) is 1.05. The lowest BCUT2D eigenvalue weighted by Gasteiger charge is -2.20. The Morgan fingerprint density at radius 3 is 2.53 bits per heavy atom. The first-order valence-electron chi connectivity index (χ1n) is 7.22. The minimum atomic E-state index is -0.0249. The fourth-order valence-electron chi connectivity index (χ4n) is 2.04. The van der Waals surface area contributed by atoms with Gasteiger partial charge in [0.15, 0.2) is 0 Å². The lowest BCUT2D eigenvalue weighted by molar-refractivity contribution is 0.233. The van der Waals surface area contributed by atoms with E-state index in [2.05, 4.69) is 43.0 Å². The highest BCUT2D eigenvalue weighted by atomic mass is 16.3. The maximum atomic E-state index is 9.49. The van der Waals surface area contributed by atoms with Gasteiger partial charge in [-0.25, -0.2) is 0 Å². The molecular weight excluding hydrogens is 240 g/mol. The van der Waals surface area contributed by atoms with E-state index in [0.29, 0.717) is 6.04 Å². The van der Waals surface area contributed by atoms with E-state index in [1.54, 1.807) is 0 Å². The van der Waals surface area contributed by atoms with E-state index in [1.165, 1.54) is 0 Å². The highest BCUT2D eigenvalue weighted by molar-refractivity contribution is 5.10. The standard InChI is InChI=1S/C14H28N4O/c1-5-17(6-2)8-7-15-14(11-19)13-9-16-18(10-13)12(3)4/h9-10,12,14-15,19H,5-8,11H2,1-4H3. The fraction of sp³-hybridized carbons (Fsp3) is 0.786. The molecule has 0 saturated carbocycles. The van der Waals surface area contributed by atoms with E-state index in [0.717, 1.165) is 31.7 Å². The minimum Gasteiger partial charge on any atom is -0.394 e. The van der Waals surface area contributed by atoms with Crippen molar-refractivity contribution in [1.29, 1.82) is 0 Å². The zero-order valence-corrected chi connectivity index (χ0v) is 12.6. The van der Waals surface area contributed by atoms with Crippen molar-refractivity contribution in [1.82, 2.24) is 20.0 Å². The average molecular weight is 268 g/mol. The van der Waals surface area contributed by atoms with Crippen LogP contribution in [0.1, 0.15) is 45.3 Å². The third kappa shape index (κ3) is 4.93. The number of aliphatic hydroxyl groups excluding tert-OH is 1. The Morgan fingerprint density at radius 1 is 1.37 bits per heavy atom. The van der Waals surface area contributed by atoms with Crippen LogP contribution in [0.25, 0.3) is 0 Å². The van der Waals surface area contributed by atoms with Gasteiger partial charge in [-0.15, -0.1) is 0 Å². The maximum Gasteiger partial charge on any atom is 0.0627 e. The lowest BCUT2D eigenvalue weighted by Crippen LogP contribution is -2.34. The summed E-state index contributed by atoms with van der Waals surface area (Å²) in [6, 6.07) is 0.326. The summed E-state index contributed by atoms with van der Waals surface area (Å²) in [5, 5.41) is 17.2. The number of hydrogen-bond donors (Lipinski definition) is 2. The molecule has 0 radical (unpaired) electrons. The molecule has 0 aliphatic heterocycles. The Morgan fingerprint density at radius 2 is 2.05 bits per heavy atom. The zero-order valence-electron chi connectivity index (χ0n) is 12.6. The lowest BCUT2D eigenvalue weighted by atomic mass is 10.2.